The summed E-state index contributed by atoms with van der Waals surface area (Å²) in [5, 5.41) is 0. The molecule has 0 heterocycles. The zero-order chi connectivity index (χ0) is 0. The van der Waals surface area contributed by atoms with Gasteiger partial charge in [0.05, 0.1) is 0 Å². The van der Waals surface area contributed by atoms with E-state index < -0.39 is 0 Å². The van der Waals surface area contributed by atoms with Crippen LogP contribution in [0.2, 0.25) is 0 Å². The fraction of sp³-hybridized carbons (Fsp3) is 0. The van der Waals surface area contributed by atoms with Gasteiger partial charge in [-0.1, -0.05) is 0 Å². The second-order valence-electron chi connectivity index (χ2n) is 0. The Balaban J connectivity index is 0. The van der Waals surface area contributed by atoms with Gasteiger partial charge in [-0.15, -0.1) is 24.0 Å². The Kier molecular flexibility index (Phi) is 3790. The second kappa shape index (κ2) is 147. The molecule has 0 saturated carbocycles. The number of hydrogen-bond acceptors (Lipinski definition) is 0. The third kappa shape index (κ3) is 99.7. The van der Waals surface area contributed by atoms with Gasteiger partial charge in [0.15, 0.2) is 0 Å². The van der Waals surface area contributed by atoms with Crippen LogP contribution < -0.4 is 0 Å². The number of halogens is 1. The van der Waals surface area contributed by atoms with Crippen LogP contribution in [0.25, 0.3) is 0 Å². The largest absolute Gasteiger partial charge is 2.00 e. The molecule has 0 spiro atoms. The first-order valence-corrected chi connectivity index (χ1v) is 0. The third-order valence-electron chi connectivity index (χ3n) is 0. The Morgan fingerprint density at radius 1 is 0.375 bits per heavy atom. The standard InChI is InChI=1S/HI.6H2O.Sr/h1H;6*1H2;/q;;;;;;;+2. The zero-order valence-electron chi connectivity index (χ0n) is 4.12. The molecule has 0 rings (SSSR count). The van der Waals surface area contributed by atoms with E-state index in [-0.39, 0.29) is 102 Å². The monoisotopic (exact) mass is 324 g/mol. The van der Waals surface area contributed by atoms with Crippen LogP contribution in [0.4, 0.5) is 0 Å². The van der Waals surface area contributed by atoms with E-state index in [0.29, 0.717) is 0 Å². The molecule has 0 aromatic carbocycles. The Morgan fingerprint density at radius 2 is 0.375 bits per heavy atom. The molecule has 0 unspecified atom stereocenters. The van der Waals surface area contributed by atoms with E-state index in [0.717, 1.165) is 0 Å². The fourth-order valence-electron chi connectivity index (χ4n) is 0. The van der Waals surface area contributed by atoms with Crippen molar-refractivity contribution in [3.8, 4) is 0 Å². The minimum atomic E-state index is 0. The molecule has 0 bridgehead atoms. The van der Waals surface area contributed by atoms with Gasteiger partial charge in [-0.25, -0.2) is 0 Å². The molecule has 0 aliphatic heterocycles. The van der Waals surface area contributed by atoms with Gasteiger partial charge in [0, 0.05) is 0 Å². The normalized spacial score (nSPS) is 0. The first-order chi connectivity index (χ1) is 0. The Morgan fingerprint density at radius 3 is 0.375 bits per heavy atom. The molecule has 0 radical (unpaired) electrons. The van der Waals surface area contributed by atoms with Crippen LogP contribution in [0, 0.1) is 0 Å². The Labute approximate surface area is 101 Å². The predicted molar refractivity (Wildman–Crippen MR) is 42.9 cm³/mol. The first kappa shape index (κ1) is 207. The quantitative estimate of drug-likeness (QED) is 0.306. The molecule has 12 N–H and O–H groups in total. The molecule has 0 fully saturated rings. The molecule has 0 atom stereocenters. The predicted octanol–water partition coefficient (Wildman–Crippen LogP) is -4.71. The molecule has 56 valence electrons. The molecule has 0 aromatic rings. The topological polar surface area (TPSA) is 189 Å². The smallest absolute Gasteiger partial charge is 0.412 e. The summed E-state index contributed by atoms with van der Waals surface area (Å²) in [6, 6.07) is 0. The van der Waals surface area contributed by atoms with E-state index >= 15 is 0 Å². The fourth-order valence-corrected chi connectivity index (χ4v) is 0. The molecule has 0 aliphatic rings. The third-order valence-corrected chi connectivity index (χ3v) is 0. The Hall–Kier alpha value is 1.97. The van der Waals surface area contributed by atoms with Crippen molar-refractivity contribution < 1.29 is 32.9 Å². The molecule has 8 heavy (non-hydrogen) atoms. The van der Waals surface area contributed by atoms with E-state index in [1.54, 1.807) is 0 Å². The van der Waals surface area contributed by atoms with E-state index in [1.165, 1.54) is 0 Å². The van der Waals surface area contributed by atoms with Crippen molar-refractivity contribution in [3.63, 3.8) is 0 Å². The molecule has 8 heteroatoms. The zero-order valence-corrected chi connectivity index (χ0v) is 9.92. The first-order valence-electron chi connectivity index (χ1n) is 0. The maximum Gasteiger partial charge on any atom is 2.00 e. The summed E-state index contributed by atoms with van der Waals surface area (Å²) in [4.78, 5) is 0. The SMILES string of the molecule is I.O.O.O.O.O.O.[Sr+2]. The van der Waals surface area contributed by atoms with Crippen LogP contribution in [0.5, 0.6) is 0 Å². The van der Waals surface area contributed by atoms with Gasteiger partial charge in [0.25, 0.3) is 0 Å². The maximum atomic E-state index is 0. The molecular weight excluding hydrogens is 311 g/mol. The average Bonchev–Trinajstić information content (AvgIpc) is 0. The summed E-state index contributed by atoms with van der Waals surface area (Å²) in [7, 11) is 0. The van der Waals surface area contributed by atoms with Gasteiger partial charge in [0.2, 0.25) is 0 Å². The van der Waals surface area contributed by atoms with Gasteiger partial charge in [-0.05, 0) is 0 Å². The number of rotatable bonds is 0. The summed E-state index contributed by atoms with van der Waals surface area (Å²) < 4.78 is 0. The van der Waals surface area contributed by atoms with Crippen LogP contribution in [-0.4, -0.2) is 78.3 Å². The van der Waals surface area contributed by atoms with E-state index in [9.17, 15) is 0 Å². The van der Waals surface area contributed by atoms with Crippen molar-refractivity contribution in [2.75, 3.05) is 0 Å². The average molecular weight is 324 g/mol. The van der Waals surface area contributed by atoms with Crippen molar-refractivity contribution in [1.82, 2.24) is 0 Å². The molecule has 0 amide bonds. The summed E-state index contributed by atoms with van der Waals surface area (Å²) >= 11 is 0. The van der Waals surface area contributed by atoms with Crippen molar-refractivity contribution >= 4 is 69.5 Å². The van der Waals surface area contributed by atoms with E-state index in [4.69, 9.17) is 0 Å². The van der Waals surface area contributed by atoms with Crippen LogP contribution >= 0.6 is 24.0 Å². The summed E-state index contributed by atoms with van der Waals surface area (Å²) in [5.74, 6) is 0. The van der Waals surface area contributed by atoms with Crippen LogP contribution in [0.1, 0.15) is 0 Å². The summed E-state index contributed by atoms with van der Waals surface area (Å²) in [6.07, 6.45) is 0. The van der Waals surface area contributed by atoms with E-state index in [1.807, 2.05) is 0 Å². The molecule has 0 aromatic heterocycles. The van der Waals surface area contributed by atoms with Crippen molar-refractivity contribution in [1.29, 1.82) is 0 Å². The molecular formula is H13IO6Sr+2. The van der Waals surface area contributed by atoms with E-state index in [2.05, 4.69) is 0 Å². The minimum Gasteiger partial charge on any atom is -0.412 e. The van der Waals surface area contributed by atoms with Gasteiger partial charge in [-0.3, -0.25) is 0 Å². The summed E-state index contributed by atoms with van der Waals surface area (Å²) in [5.41, 5.74) is 0. The van der Waals surface area contributed by atoms with Gasteiger partial charge < -0.3 is 32.9 Å². The van der Waals surface area contributed by atoms with Crippen LogP contribution in [0.15, 0.2) is 0 Å². The Bertz CT molecular complexity index is 8.49. The molecule has 0 aliphatic carbocycles. The van der Waals surface area contributed by atoms with Crippen molar-refractivity contribution in [3.05, 3.63) is 0 Å². The summed E-state index contributed by atoms with van der Waals surface area (Å²) in [6.45, 7) is 0. The van der Waals surface area contributed by atoms with Gasteiger partial charge in [-0.2, -0.15) is 0 Å². The van der Waals surface area contributed by atoms with Crippen molar-refractivity contribution in [2.45, 2.75) is 0 Å². The number of hydrogen-bond donors (Lipinski definition) is 0. The van der Waals surface area contributed by atoms with Crippen LogP contribution in [-0.2, 0) is 0 Å². The van der Waals surface area contributed by atoms with Gasteiger partial charge in [0.1, 0.15) is 0 Å². The molecule has 0 saturated heterocycles. The maximum absolute atomic E-state index is 0. The molecule has 6 nitrogen and oxygen atoms in total. The second-order valence-corrected chi connectivity index (χ2v) is 0. The van der Waals surface area contributed by atoms with Crippen molar-refractivity contribution in [2.24, 2.45) is 0 Å². The van der Waals surface area contributed by atoms with Crippen LogP contribution in [0.3, 0.4) is 0 Å². The minimum absolute atomic E-state index is 0. The van der Waals surface area contributed by atoms with Gasteiger partial charge >= 0.3 is 45.5 Å².